The van der Waals surface area contributed by atoms with E-state index in [1.165, 1.54) is 18.3 Å². The van der Waals surface area contributed by atoms with Crippen LogP contribution < -0.4 is 10.2 Å². The third-order valence-electron chi connectivity index (χ3n) is 2.32. The number of pyridine rings is 1. The lowest BCUT2D eigenvalue weighted by atomic mass is 10.3. The molecule has 0 radical (unpaired) electrons. The van der Waals surface area contributed by atoms with Crippen LogP contribution in [-0.2, 0) is 4.79 Å². The maximum atomic E-state index is 11.5. The first kappa shape index (κ1) is 14.0. The lowest BCUT2D eigenvalue weighted by Crippen LogP contribution is -2.48. The van der Waals surface area contributed by atoms with Crippen molar-refractivity contribution in [2.75, 3.05) is 24.5 Å². The fourth-order valence-electron chi connectivity index (χ4n) is 1.53. The molecule has 0 unspecified atom stereocenters. The Labute approximate surface area is 105 Å². The zero-order valence-corrected chi connectivity index (χ0v) is 10.4. The van der Waals surface area contributed by atoms with Gasteiger partial charge < -0.3 is 20.3 Å². The van der Waals surface area contributed by atoms with Crippen molar-refractivity contribution in [1.82, 2.24) is 10.3 Å². The molecule has 7 nitrogen and oxygen atoms in total. The Morgan fingerprint density at radius 1 is 1.44 bits per heavy atom. The summed E-state index contributed by atoms with van der Waals surface area (Å²) in [6, 6.07) is 2.83. The normalized spacial score (nSPS) is 14.8. The van der Waals surface area contributed by atoms with Gasteiger partial charge in [0.25, 0.3) is 0 Å². The van der Waals surface area contributed by atoms with E-state index in [0.29, 0.717) is 18.8 Å². The van der Waals surface area contributed by atoms with Crippen LogP contribution in [-0.4, -0.2) is 35.4 Å². The number of amides is 1. The van der Waals surface area contributed by atoms with E-state index >= 15 is 0 Å². The molecule has 0 aliphatic carbocycles. The maximum absolute atomic E-state index is 11.5. The van der Waals surface area contributed by atoms with Gasteiger partial charge in [0, 0.05) is 19.2 Å². The van der Waals surface area contributed by atoms with E-state index in [1.807, 2.05) is 13.8 Å². The summed E-state index contributed by atoms with van der Waals surface area (Å²) >= 11 is 0. The first-order chi connectivity index (χ1) is 8.68. The molecule has 98 valence electrons. The van der Waals surface area contributed by atoms with Crippen molar-refractivity contribution in [2.45, 2.75) is 13.8 Å². The summed E-state index contributed by atoms with van der Waals surface area (Å²) in [5.74, 6) is -0.270. The standard InChI is InChI=1S/C9H10N4O3.C2H6/c14-9-6-10-3-4-12(9)7-1-2-8(11-5-7)13(15)16;1-2/h1-2,5,10H,3-4,6H2;1-2H3. The number of anilines is 1. The van der Waals surface area contributed by atoms with Gasteiger partial charge in [0.15, 0.2) is 6.20 Å². The molecule has 1 aromatic heterocycles. The minimum atomic E-state index is -0.566. The third-order valence-corrected chi connectivity index (χ3v) is 2.32. The highest BCUT2D eigenvalue weighted by atomic mass is 16.6. The second kappa shape index (κ2) is 6.65. The van der Waals surface area contributed by atoms with Gasteiger partial charge in [-0.15, -0.1) is 0 Å². The van der Waals surface area contributed by atoms with Crippen LogP contribution in [0, 0.1) is 10.1 Å². The quantitative estimate of drug-likeness (QED) is 0.625. The molecule has 0 saturated carbocycles. The first-order valence-corrected chi connectivity index (χ1v) is 5.80. The lowest BCUT2D eigenvalue weighted by molar-refractivity contribution is -0.389. The van der Waals surface area contributed by atoms with Crippen LogP contribution in [0.25, 0.3) is 0 Å². The Morgan fingerprint density at radius 2 is 2.17 bits per heavy atom. The molecule has 7 heteroatoms. The summed E-state index contributed by atoms with van der Waals surface area (Å²) < 4.78 is 0. The molecular formula is C11H16N4O3. The molecule has 0 bridgehead atoms. The van der Waals surface area contributed by atoms with Gasteiger partial charge in [-0.05, 0) is 16.0 Å². The van der Waals surface area contributed by atoms with Crippen LogP contribution in [0.1, 0.15) is 13.8 Å². The van der Waals surface area contributed by atoms with E-state index < -0.39 is 4.92 Å². The molecular weight excluding hydrogens is 236 g/mol. The summed E-state index contributed by atoms with van der Waals surface area (Å²) in [5, 5.41) is 13.3. The largest absolute Gasteiger partial charge is 0.363 e. The van der Waals surface area contributed by atoms with Crippen LogP contribution in [0.3, 0.4) is 0 Å². The Bertz CT molecular complexity index is 419. The van der Waals surface area contributed by atoms with Crippen LogP contribution in [0.4, 0.5) is 11.5 Å². The molecule has 0 spiro atoms. The van der Waals surface area contributed by atoms with Crippen LogP contribution in [0.5, 0.6) is 0 Å². The molecule has 1 aromatic rings. The van der Waals surface area contributed by atoms with Gasteiger partial charge in [-0.2, -0.15) is 0 Å². The van der Waals surface area contributed by atoms with Gasteiger partial charge >= 0.3 is 5.82 Å². The topological polar surface area (TPSA) is 88.4 Å². The van der Waals surface area contributed by atoms with E-state index in [1.54, 1.807) is 4.90 Å². The zero-order valence-electron chi connectivity index (χ0n) is 10.4. The lowest BCUT2D eigenvalue weighted by Gasteiger charge is -2.26. The van der Waals surface area contributed by atoms with Gasteiger partial charge in [-0.1, -0.05) is 13.8 Å². The molecule has 18 heavy (non-hydrogen) atoms. The van der Waals surface area contributed by atoms with Crippen molar-refractivity contribution in [2.24, 2.45) is 0 Å². The highest BCUT2D eigenvalue weighted by Gasteiger charge is 2.20. The van der Waals surface area contributed by atoms with Crippen molar-refractivity contribution < 1.29 is 9.72 Å². The van der Waals surface area contributed by atoms with Gasteiger partial charge in [-0.3, -0.25) is 4.79 Å². The number of carbonyl (C=O) groups excluding carboxylic acids is 1. The van der Waals surface area contributed by atoms with Gasteiger partial charge in [0.05, 0.1) is 12.2 Å². The van der Waals surface area contributed by atoms with E-state index in [0.717, 1.165) is 0 Å². The predicted molar refractivity (Wildman–Crippen MR) is 67.5 cm³/mol. The highest BCUT2D eigenvalue weighted by Crippen LogP contribution is 2.16. The Morgan fingerprint density at radius 3 is 2.67 bits per heavy atom. The summed E-state index contributed by atoms with van der Waals surface area (Å²) in [6.07, 6.45) is 1.35. The number of rotatable bonds is 2. The van der Waals surface area contributed by atoms with Crippen molar-refractivity contribution in [3.05, 3.63) is 28.4 Å². The second-order valence-electron chi connectivity index (χ2n) is 3.35. The Hall–Kier alpha value is -2.02. The smallest absolute Gasteiger partial charge is 0.358 e. The van der Waals surface area contributed by atoms with E-state index in [9.17, 15) is 14.9 Å². The molecule has 1 amide bonds. The number of hydrogen-bond acceptors (Lipinski definition) is 5. The predicted octanol–water partition coefficient (Wildman–Crippen LogP) is 0.952. The highest BCUT2D eigenvalue weighted by molar-refractivity contribution is 5.95. The Balaban J connectivity index is 0.000000771. The van der Waals surface area contributed by atoms with Crippen molar-refractivity contribution in [1.29, 1.82) is 0 Å². The minimum absolute atomic E-state index is 0.0538. The number of piperazine rings is 1. The molecule has 2 heterocycles. The van der Waals surface area contributed by atoms with Crippen molar-refractivity contribution in [3.8, 4) is 0 Å². The molecule has 1 aliphatic heterocycles. The number of hydrogen-bond donors (Lipinski definition) is 1. The minimum Gasteiger partial charge on any atom is -0.358 e. The number of nitrogens with one attached hydrogen (secondary N) is 1. The fraction of sp³-hybridized carbons (Fsp3) is 0.455. The Kier molecular flexibility index (Phi) is 5.19. The summed E-state index contributed by atoms with van der Waals surface area (Å²) in [6.45, 7) is 5.55. The van der Waals surface area contributed by atoms with E-state index in [4.69, 9.17) is 0 Å². The summed E-state index contributed by atoms with van der Waals surface area (Å²) in [7, 11) is 0. The first-order valence-electron chi connectivity index (χ1n) is 5.80. The summed E-state index contributed by atoms with van der Waals surface area (Å²) in [4.78, 5) is 26.6. The van der Waals surface area contributed by atoms with E-state index in [2.05, 4.69) is 10.3 Å². The molecule has 2 rings (SSSR count). The van der Waals surface area contributed by atoms with Crippen LogP contribution >= 0.6 is 0 Å². The molecule has 0 atom stereocenters. The second-order valence-corrected chi connectivity index (χ2v) is 3.35. The van der Waals surface area contributed by atoms with E-state index in [-0.39, 0.29) is 18.3 Å². The molecule has 1 N–H and O–H groups in total. The van der Waals surface area contributed by atoms with Crippen molar-refractivity contribution >= 4 is 17.4 Å². The molecule has 0 aromatic carbocycles. The number of nitrogens with zero attached hydrogens (tertiary/aromatic N) is 3. The third kappa shape index (κ3) is 3.24. The average molecular weight is 252 g/mol. The maximum Gasteiger partial charge on any atom is 0.363 e. The molecule has 1 aliphatic rings. The summed E-state index contributed by atoms with van der Waals surface area (Å²) in [5.41, 5.74) is 0.595. The fourth-order valence-corrected chi connectivity index (χ4v) is 1.53. The number of nitro groups is 1. The van der Waals surface area contributed by atoms with Crippen LogP contribution in [0.2, 0.25) is 0 Å². The molecule has 1 saturated heterocycles. The molecule has 1 fully saturated rings. The van der Waals surface area contributed by atoms with Gasteiger partial charge in [0.1, 0.15) is 0 Å². The monoisotopic (exact) mass is 252 g/mol. The van der Waals surface area contributed by atoms with Gasteiger partial charge in [-0.25, -0.2) is 0 Å². The number of aromatic nitrogens is 1. The van der Waals surface area contributed by atoms with Crippen LogP contribution in [0.15, 0.2) is 18.3 Å². The zero-order chi connectivity index (χ0) is 13.5. The van der Waals surface area contributed by atoms with Gasteiger partial charge in [0.2, 0.25) is 5.91 Å². The SMILES string of the molecule is CC.O=C1CNCCN1c1ccc([N+](=O)[O-])nc1. The number of carbonyl (C=O) groups is 1. The average Bonchev–Trinajstić information content (AvgIpc) is 2.42. The van der Waals surface area contributed by atoms with Crippen molar-refractivity contribution in [3.63, 3.8) is 0 Å².